The Morgan fingerprint density at radius 2 is 1.14 bits per heavy atom. The highest BCUT2D eigenvalue weighted by molar-refractivity contribution is 6.76. The van der Waals surface area contributed by atoms with E-state index in [9.17, 15) is 35.9 Å². The molecular weight excluding hydrogens is 815 g/mol. The minimum Gasteiger partial charge on any atom is -0.465 e. The highest BCUT2D eigenvalue weighted by Gasteiger charge is 2.35. The molecule has 4 rings (SSSR count). The smallest absolute Gasteiger partial charge is 0.434 e. The number of aromatic nitrogens is 4. The molecule has 2 aromatic carbocycles. The summed E-state index contributed by atoms with van der Waals surface area (Å²) in [7, 11) is 0.397. The second-order valence-electron chi connectivity index (χ2n) is 14.6. The summed E-state index contributed by atoms with van der Waals surface area (Å²) in [5.74, 6) is -0.812. The molecule has 0 aliphatic carbocycles. The summed E-state index contributed by atoms with van der Waals surface area (Å²) in [5, 5.41) is 0. The number of aromatic amines is 1. The van der Waals surface area contributed by atoms with Gasteiger partial charge in [0.15, 0.2) is 5.69 Å². The second-order valence-corrected chi connectivity index (χ2v) is 25.8. The van der Waals surface area contributed by atoms with Crippen LogP contribution in [-0.4, -0.2) is 81.6 Å². The Hall–Kier alpha value is -4.27. The third-order valence-electron chi connectivity index (χ3n) is 7.52. The number of imidazole rings is 2. The molecule has 1 N–H and O–H groups in total. The molecule has 0 atom stereocenters. The van der Waals surface area contributed by atoms with Crippen LogP contribution in [0.3, 0.4) is 0 Å². The predicted molar refractivity (Wildman–Crippen MR) is 230 cm³/mol. The van der Waals surface area contributed by atoms with Gasteiger partial charge in [-0.25, -0.2) is 19.6 Å². The number of alkyl halides is 6. The van der Waals surface area contributed by atoms with Gasteiger partial charge < -0.3 is 28.5 Å². The Labute approximate surface area is 349 Å². The number of carbonyl (C=O) groups is 2. The topological polar surface area (TPSA) is 118 Å². The van der Waals surface area contributed by atoms with Crippen molar-refractivity contribution in [1.82, 2.24) is 19.5 Å². The molecule has 0 aliphatic heterocycles. The normalized spacial score (nSPS) is 11.1. The van der Waals surface area contributed by atoms with E-state index in [4.69, 9.17) is 9.47 Å². The zero-order valence-electron chi connectivity index (χ0n) is 32.6. The zero-order chi connectivity index (χ0) is 41.6. The van der Waals surface area contributed by atoms with E-state index in [0.717, 1.165) is 31.7 Å². The van der Waals surface area contributed by atoms with Crippen LogP contribution in [0.2, 0.25) is 51.4 Å². The molecule has 18 heteroatoms. The molecule has 0 spiro atoms. The van der Waals surface area contributed by atoms with E-state index in [1.807, 2.05) is 6.92 Å². The molecule has 0 unspecified atom stereocenters. The van der Waals surface area contributed by atoms with Gasteiger partial charge in [-0.3, -0.25) is 0 Å². The average molecular weight is 881 g/mol. The van der Waals surface area contributed by atoms with Crippen LogP contribution in [0.5, 0.6) is 0 Å². The van der Waals surface area contributed by atoms with Crippen molar-refractivity contribution in [1.29, 1.82) is 0 Å². The van der Waals surface area contributed by atoms with Crippen molar-refractivity contribution in [2.45, 2.75) is 107 Å². The Balaban J connectivity index is -0.000000860. The maximum absolute atomic E-state index is 13.1. The van der Waals surface area contributed by atoms with E-state index < -0.39 is 51.8 Å². The van der Waals surface area contributed by atoms with Crippen LogP contribution in [0.4, 0.5) is 26.3 Å². The van der Waals surface area contributed by atoms with E-state index in [1.54, 1.807) is 0 Å². The largest absolute Gasteiger partial charge is 0.465 e. The molecule has 0 saturated heterocycles. The van der Waals surface area contributed by atoms with Gasteiger partial charge in [-0.1, -0.05) is 93.3 Å². The van der Waals surface area contributed by atoms with Crippen LogP contribution in [-0.2, 0) is 38.0 Å². The lowest BCUT2D eigenvalue weighted by Crippen LogP contribution is -2.22. The molecule has 10 nitrogen and oxygen atoms in total. The Kier molecular flexibility index (Phi) is 26.1. The quantitative estimate of drug-likeness (QED) is 0.0610. The van der Waals surface area contributed by atoms with Crippen LogP contribution < -0.4 is 0 Å². The summed E-state index contributed by atoms with van der Waals surface area (Å²) in [6.45, 7) is 18.0. The van der Waals surface area contributed by atoms with Crippen LogP contribution in [0.1, 0.15) is 68.7 Å². The number of nitrogens with zero attached hydrogens (tertiary/aromatic N) is 3. The van der Waals surface area contributed by atoms with Crippen molar-refractivity contribution in [2.24, 2.45) is 0 Å². The number of ether oxygens (including phenoxy) is 4. The lowest BCUT2D eigenvalue weighted by Gasteiger charge is -2.16. The Bertz CT molecular complexity index is 1780. The van der Waals surface area contributed by atoms with Gasteiger partial charge in [0.2, 0.25) is 0 Å². The first-order valence-corrected chi connectivity index (χ1v) is 24.7. The van der Waals surface area contributed by atoms with Crippen molar-refractivity contribution >= 4 is 28.1 Å². The fourth-order valence-electron chi connectivity index (χ4n) is 4.31. The third kappa shape index (κ3) is 21.0. The number of hydrogen-bond acceptors (Lipinski definition) is 8. The van der Waals surface area contributed by atoms with Gasteiger partial charge in [-0.15, -0.1) is 0 Å². The maximum atomic E-state index is 13.1. The predicted octanol–water partition coefficient (Wildman–Crippen LogP) is 12.5. The minimum atomic E-state index is -4.55. The molecule has 0 amide bonds. The number of esters is 2. The molecule has 0 bridgehead atoms. The summed E-state index contributed by atoms with van der Waals surface area (Å²) in [6, 6.07) is 14.1. The second kappa shape index (κ2) is 26.1. The maximum Gasteiger partial charge on any atom is 0.434 e. The number of carbonyl (C=O) groups excluding carboxylic acids is 2. The summed E-state index contributed by atoms with van der Waals surface area (Å²) in [4.78, 5) is 32.3. The lowest BCUT2D eigenvalue weighted by molar-refractivity contribution is -0.141. The number of benzene rings is 2. The van der Waals surface area contributed by atoms with Crippen LogP contribution >= 0.6 is 0 Å². The summed E-state index contributed by atoms with van der Waals surface area (Å²) in [6.07, 6.45) is -7.34. The molecular formula is C41H66F6N4O6Si2. The number of hydrogen-bond donors (Lipinski definition) is 1. The number of H-pyrrole nitrogens is 1. The molecule has 2 heterocycles. The van der Waals surface area contributed by atoms with E-state index in [1.165, 1.54) is 73.4 Å². The lowest BCUT2D eigenvalue weighted by atomic mass is 10.1. The van der Waals surface area contributed by atoms with Crippen molar-refractivity contribution in [3.05, 3.63) is 83.4 Å². The number of nitrogens with one attached hydrogen (secondary N) is 1. The Morgan fingerprint density at radius 3 is 1.51 bits per heavy atom. The summed E-state index contributed by atoms with van der Waals surface area (Å²) < 4.78 is 97.8. The number of rotatable bonds is 13. The fourth-order valence-corrected chi connectivity index (χ4v) is 5.83. The van der Waals surface area contributed by atoms with Gasteiger partial charge in [0.05, 0.1) is 31.5 Å². The van der Waals surface area contributed by atoms with Crippen molar-refractivity contribution in [3.63, 3.8) is 0 Å². The molecule has 0 fully saturated rings. The van der Waals surface area contributed by atoms with Gasteiger partial charge in [-0.2, -0.15) is 26.3 Å². The molecule has 59 heavy (non-hydrogen) atoms. The molecule has 0 aliphatic rings. The van der Waals surface area contributed by atoms with Gasteiger partial charge in [-0.05, 0) is 43.3 Å². The number of methoxy groups -OCH3 is 2. The number of halogens is 6. The summed E-state index contributed by atoms with van der Waals surface area (Å²) in [5.41, 5.74) is -0.381. The van der Waals surface area contributed by atoms with E-state index in [2.05, 4.69) is 63.7 Å². The van der Waals surface area contributed by atoms with E-state index in [0.29, 0.717) is 28.9 Å². The fraction of sp³-hybridized carbons (Fsp3) is 0.512. The first-order chi connectivity index (χ1) is 25.5. The minimum absolute atomic E-state index is 0. The van der Waals surface area contributed by atoms with Crippen molar-refractivity contribution < 1.29 is 54.9 Å². The van der Waals surface area contributed by atoms with Gasteiger partial charge >= 0.3 is 24.3 Å². The molecule has 2 aromatic heterocycles. The van der Waals surface area contributed by atoms with Crippen molar-refractivity contribution in [3.8, 4) is 22.8 Å². The molecule has 0 radical (unpaired) electrons. The highest BCUT2D eigenvalue weighted by atomic mass is 28.3. The zero-order valence-corrected chi connectivity index (χ0v) is 34.6. The first kappa shape index (κ1) is 59.0. The Morgan fingerprint density at radius 1 is 0.695 bits per heavy atom. The average Bonchev–Trinajstić information content (AvgIpc) is 3.78. The van der Waals surface area contributed by atoms with E-state index in [-0.39, 0.29) is 48.1 Å². The SMILES string of the molecule is C.C.C.C.CCOCC[Si](C)(C)C.COC(=O)c1ccc(-c2nc(C(F)(F)F)cn2COCC[Si](C)(C)C)cc1.COC(=O)c1ccc(-c2ncc(C(F)(F)F)[nH]2)cc1. The van der Waals surface area contributed by atoms with Gasteiger partial charge in [0, 0.05) is 53.3 Å². The van der Waals surface area contributed by atoms with E-state index >= 15 is 0 Å². The van der Waals surface area contributed by atoms with Crippen molar-refractivity contribution in [2.75, 3.05) is 34.0 Å². The standard InChI is InChI=1S/C18H23F3N2O3Si.C12H9F3N2O2.C7H18OSi.4CH4/c1-25-17(24)14-7-5-13(6-8-14)16-22-15(18(19,20)21)11-23(16)12-26-9-10-27(2,3)4;1-19-11(18)8-4-2-7(3-5-8)10-16-6-9(17-10)12(13,14)15;1-5-8-6-7-9(2,3)4;;;;/h5-8,11H,9-10,12H2,1-4H3;2-6H,1H3,(H,16,17);5-7H2,1-4H3;4*1H4. The third-order valence-corrected chi connectivity index (χ3v) is 10.9. The molecule has 0 saturated carbocycles. The van der Waals surface area contributed by atoms with Crippen LogP contribution in [0, 0.1) is 0 Å². The first-order valence-electron chi connectivity index (χ1n) is 17.3. The molecule has 336 valence electrons. The van der Waals surface area contributed by atoms with Gasteiger partial charge in [0.25, 0.3) is 0 Å². The van der Waals surface area contributed by atoms with Gasteiger partial charge in [0.1, 0.15) is 24.1 Å². The van der Waals surface area contributed by atoms with Crippen LogP contribution in [0.25, 0.3) is 22.8 Å². The van der Waals surface area contributed by atoms with Crippen LogP contribution in [0.15, 0.2) is 60.9 Å². The molecule has 4 aromatic rings. The highest BCUT2D eigenvalue weighted by Crippen LogP contribution is 2.32. The summed E-state index contributed by atoms with van der Waals surface area (Å²) >= 11 is 0. The monoisotopic (exact) mass is 880 g/mol.